The fourth-order valence-corrected chi connectivity index (χ4v) is 7.62. The molecule has 1 atom stereocenters. The Morgan fingerprint density at radius 3 is 2.04 bits per heavy atom. The van der Waals surface area contributed by atoms with Gasteiger partial charge in [0.2, 0.25) is 11.8 Å². The van der Waals surface area contributed by atoms with Crippen molar-refractivity contribution >= 4 is 27.5 Å². The van der Waals surface area contributed by atoms with Crippen LogP contribution in [0.15, 0.2) is 114 Å². The summed E-state index contributed by atoms with van der Waals surface area (Å²) in [5.41, 5.74) is 2.39. The Bertz CT molecular complexity index is 1760. The summed E-state index contributed by atoms with van der Waals surface area (Å²) in [6, 6.07) is 29.5. The summed E-state index contributed by atoms with van der Waals surface area (Å²) in [4.78, 5) is 30.2. The summed E-state index contributed by atoms with van der Waals surface area (Å²) in [6.45, 7) is 3.28. The lowest BCUT2D eigenvalue weighted by Gasteiger charge is -2.35. The van der Waals surface area contributed by atoms with Gasteiger partial charge in [-0.15, -0.1) is 0 Å². The fraction of sp³-hybridized carbons (Fsp3) is 0.333. The van der Waals surface area contributed by atoms with Gasteiger partial charge in [-0.1, -0.05) is 112 Å². The number of sulfonamides is 1. The first kappa shape index (κ1) is 34.8. The molecule has 48 heavy (non-hydrogen) atoms. The van der Waals surface area contributed by atoms with E-state index in [4.69, 9.17) is 0 Å². The maximum atomic E-state index is 15.2. The van der Waals surface area contributed by atoms with Crippen LogP contribution in [0.4, 0.5) is 10.1 Å². The highest BCUT2D eigenvalue weighted by Gasteiger charge is 2.35. The number of carbonyl (C=O) groups is 2. The topological polar surface area (TPSA) is 86.8 Å². The van der Waals surface area contributed by atoms with Gasteiger partial charge in [0.05, 0.1) is 10.6 Å². The van der Waals surface area contributed by atoms with Crippen molar-refractivity contribution in [1.29, 1.82) is 0 Å². The number of nitrogens with one attached hydrogen (secondary N) is 1. The Labute approximate surface area is 283 Å². The molecule has 1 aliphatic carbocycles. The average Bonchev–Trinajstić information content (AvgIpc) is 3.10. The number of hydrogen-bond donors (Lipinski definition) is 1. The molecule has 252 valence electrons. The van der Waals surface area contributed by atoms with Gasteiger partial charge in [0, 0.05) is 24.6 Å². The minimum Gasteiger partial charge on any atom is -0.352 e. The lowest BCUT2D eigenvalue weighted by Crippen LogP contribution is -2.55. The van der Waals surface area contributed by atoms with Crippen molar-refractivity contribution in [2.75, 3.05) is 10.8 Å². The summed E-state index contributed by atoms with van der Waals surface area (Å²) in [5, 5.41) is 3.17. The molecule has 9 heteroatoms. The van der Waals surface area contributed by atoms with Gasteiger partial charge < -0.3 is 10.2 Å². The number of nitrogens with zero attached hydrogens (tertiary/aromatic N) is 2. The third-order valence-electron chi connectivity index (χ3n) is 8.98. The molecule has 0 saturated heterocycles. The van der Waals surface area contributed by atoms with Crippen molar-refractivity contribution in [3.8, 4) is 0 Å². The van der Waals surface area contributed by atoms with E-state index in [0.29, 0.717) is 5.69 Å². The highest BCUT2D eigenvalue weighted by atomic mass is 32.2. The Morgan fingerprint density at radius 1 is 0.812 bits per heavy atom. The molecular weight excluding hydrogens is 626 g/mol. The predicted octanol–water partition coefficient (Wildman–Crippen LogP) is 7.23. The third-order valence-corrected chi connectivity index (χ3v) is 10.8. The van der Waals surface area contributed by atoms with Gasteiger partial charge >= 0.3 is 0 Å². The van der Waals surface area contributed by atoms with Crippen LogP contribution in [0.25, 0.3) is 0 Å². The predicted molar refractivity (Wildman–Crippen MR) is 187 cm³/mol. The van der Waals surface area contributed by atoms with Crippen LogP contribution >= 0.6 is 0 Å². The highest BCUT2D eigenvalue weighted by molar-refractivity contribution is 7.92. The second kappa shape index (κ2) is 16.1. The molecule has 4 aromatic rings. The lowest BCUT2D eigenvalue weighted by molar-refractivity contribution is -0.140. The number of hydrogen-bond acceptors (Lipinski definition) is 4. The van der Waals surface area contributed by atoms with Gasteiger partial charge in [-0.3, -0.25) is 13.9 Å². The van der Waals surface area contributed by atoms with E-state index in [1.54, 1.807) is 48.5 Å². The first-order valence-electron chi connectivity index (χ1n) is 16.7. The molecule has 0 aliphatic heterocycles. The SMILES string of the molecule is CC(C)c1ccc(N(CC(=O)N(Cc2ccccc2F)[C@@H](Cc2ccccc2)C(=O)NC2CCCCC2)S(=O)(=O)c2ccccc2)cc1. The summed E-state index contributed by atoms with van der Waals surface area (Å²) in [6.07, 6.45) is 5.00. The number of carbonyl (C=O) groups excluding carboxylic acids is 2. The maximum Gasteiger partial charge on any atom is 0.264 e. The second-order valence-corrected chi connectivity index (χ2v) is 14.6. The normalized spacial score (nSPS) is 14.3. The number of rotatable bonds is 13. The largest absolute Gasteiger partial charge is 0.352 e. The molecular formula is C39H44FN3O4S. The van der Waals surface area contributed by atoms with Gasteiger partial charge in [0.25, 0.3) is 10.0 Å². The number of halogens is 1. The molecule has 0 spiro atoms. The number of benzene rings is 4. The average molecular weight is 670 g/mol. The zero-order valence-corrected chi connectivity index (χ0v) is 28.4. The van der Waals surface area contributed by atoms with E-state index in [9.17, 15) is 18.0 Å². The second-order valence-electron chi connectivity index (χ2n) is 12.7. The van der Waals surface area contributed by atoms with E-state index >= 15 is 4.39 Å². The minimum absolute atomic E-state index is 0.0237. The van der Waals surface area contributed by atoms with Crippen molar-refractivity contribution in [2.24, 2.45) is 0 Å². The van der Waals surface area contributed by atoms with Crippen molar-refractivity contribution in [3.05, 3.63) is 132 Å². The van der Waals surface area contributed by atoms with Gasteiger partial charge in [0.15, 0.2) is 0 Å². The minimum atomic E-state index is -4.21. The monoisotopic (exact) mass is 669 g/mol. The van der Waals surface area contributed by atoms with Crippen LogP contribution in [-0.2, 0) is 32.6 Å². The van der Waals surface area contributed by atoms with Crippen molar-refractivity contribution in [3.63, 3.8) is 0 Å². The molecule has 7 nitrogen and oxygen atoms in total. The van der Waals surface area contributed by atoms with Crippen LogP contribution in [-0.4, -0.2) is 43.8 Å². The van der Waals surface area contributed by atoms with E-state index < -0.39 is 34.3 Å². The molecule has 0 aromatic heterocycles. The van der Waals surface area contributed by atoms with Crippen LogP contribution in [0.3, 0.4) is 0 Å². The fourth-order valence-electron chi connectivity index (χ4n) is 6.18. The Morgan fingerprint density at radius 2 is 1.42 bits per heavy atom. The van der Waals surface area contributed by atoms with Crippen LogP contribution in [0.1, 0.15) is 68.6 Å². The molecule has 0 unspecified atom stereocenters. The highest BCUT2D eigenvalue weighted by Crippen LogP contribution is 2.27. The maximum absolute atomic E-state index is 15.2. The van der Waals surface area contributed by atoms with E-state index in [1.165, 1.54) is 23.1 Å². The van der Waals surface area contributed by atoms with E-state index in [0.717, 1.165) is 47.5 Å². The van der Waals surface area contributed by atoms with Crippen molar-refractivity contribution in [1.82, 2.24) is 10.2 Å². The van der Waals surface area contributed by atoms with Gasteiger partial charge in [-0.25, -0.2) is 12.8 Å². The zero-order chi connectivity index (χ0) is 34.1. The smallest absolute Gasteiger partial charge is 0.264 e. The van der Waals surface area contributed by atoms with E-state index in [-0.39, 0.29) is 41.3 Å². The standard InChI is InChI=1S/C39H44FN3O4S/c1-29(2)31-22-24-34(25-23-31)43(48(46,47)35-19-10-5-11-20-35)28-38(44)42(27-32-16-12-13-21-36(32)40)37(26-30-14-6-3-7-15-30)39(45)41-33-17-8-4-9-18-33/h3,5-7,10-16,19-25,29,33,37H,4,8-9,17-18,26-28H2,1-2H3,(H,41,45)/t37-/m0/s1. The van der Waals surface area contributed by atoms with Crippen molar-refractivity contribution < 1.29 is 22.4 Å². The molecule has 5 rings (SSSR count). The number of amides is 2. The molecule has 1 fully saturated rings. The molecule has 0 radical (unpaired) electrons. The molecule has 1 saturated carbocycles. The lowest BCUT2D eigenvalue weighted by atomic mass is 9.94. The van der Waals surface area contributed by atoms with Crippen LogP contribution < -0.4 is 9.62 Å². The Hall–Kier alpha value is -4.50. The summed E-state index contributed by atoms with van der Waals surface area (Å²) in [5.74, 6) is -1.25. The first-order valence-corrected chi connectivity index (χ1v) is 18.1. The molecule has 0 bridgehead atoms. The molecule has 1 aliphatic rings. The quantitative estimate of drug-likeness (QED) is 0.163. The zero-order valence-electron chi connectivity index (χ0n) is 27.6. The third kappa shape index (κ3) is 8.69. The molecule has 0 heterocycles. The first-order chi connectivity index (χ1) is 23.1. The van der Waals surface area contributed by atoms with Crippen molar-refractivity contribution in [2.45, 2.75) is 81.8 Å². The van der Waals surface area contributed by atoms with Crippen LogP contribution in [0.2, 0.25) is 0 Å². The van der Waals surface area contributed by atoms with Crippen LogP contribution in [0, 0.1) is 5.82 Å². The number of anilines is 1. The van der Waals surface area contributed by atoms with Gasteiger partial charge in [-0.05, 0) is 60.2 Å². The van der Waals surface area contributed by atoms with E-state index in [1.807, 2.05) is 56.3 Å². The molecule has 1 N–H and O–H groups in total. The summed E-state index contributed by atoms with van der Waals surface area (Å²) >= 11 is 0. The van der Waals surface area contributed by atoms with E-state index in [2.05, 4.69) is 5.32 Å². The Balaban J connectivity index is 1.57. The molecule has 2 amide bonds. The van der Waals surface area contributed by atoms with Crippen LogP contribution in [0.5, 0.6) is 0 Å². The van der Waals surface area contributed by atoms with Gasteiger partial charge in [-0.2, -0.15) is 0 Å². The summed E-state index contributed by atoms with van der Waals surface area (Å²) < 4.78 is 44.6. The van der Waals surface area contributed by atoms with Gasteiger partial charge in [0.1, 0.15) is 18.4 Å². The molecule has 4 aromatic carbocycles. The summed E-state index contributed by atoms with van der Waals surface area (Å²) in [7, 11) is -4.21. The Kier molecular flexibility index (Phi) is 11.7.